The summed E-state index contributed by atoms with van der Waals surface area (Å²) in [7, 11) is 12.2. The van der Waals surface area contributed by atoms with Crippen molar-refractivity contribution in [2.24, 2.45) is 22.7 Å². The number of carbonyl (C=O) groups excluding carboxylic acids is 6. The van der Waals surface area contributed by atoms with Gasteiger partial charge in [-0.25, -0.2) is 14.0 Å². The minimum atomic E-state index is -0.417. The van der Waals surface area contributed by atoms with Crippen molar-refractivity contribution in [3.63, 3.8) is 0 Å². The monoisotopic (exact) mass is 1740 g/mol. The van der Waals surface area contributed by atoms with Crippen molar-refractivity contribution < 1.29 is 47.7 Å². The van der Waals surface area contributed by atoms with Crippen molar-refractivity contribution in [1.29, 1.82) is 0 Å². The lowest BCUT2D eigenvalue weighted by Gasteiger charge is -2.16. The zero-order valence-corrected chi connectivity index (χ0v) is 72.3. The Balaban J connectivity index is 0.000000195. The molecule has 43 heteroatoms. The second-order valence-corrected chi connectivity index (χ2v) is 28.7. The molecule has 0 bridgehead atoms. The van der Waals surface area contributed by atoms with Gasteiger partial charge in [0.1, 0.15) is 17.1 Å². The van der Waals surface area contributed by atoms with Crippen LogP contribution in [0.2, 0.25) is 15.5 Å². The van der Waals surface area contributed by atoms with E-state index in [1.54, 1.807) is 59.6 Å². The maximum absolute atomic E-state index is 12.4. The molecule has 0 radical (unpaired) electrons. The van der Waals surface area contributed by atoms with Crippen LogP contribution in [0.1, 0.15) is 147 Å². The topological polar surface area (TPSA) is 518 Å². The lowest BCUT2D eigenvalue weighted by Crippen LogP contribution is -2.22. The van der Waals surface area contributed by atoms with Crippen molar-refractivity contribution in [2.75, 3.05) is 83.2 Å². The average molecular weight is 1740 g/mol. The summed E-state index contributed by atoms with van der Waals surface area (Å²) in [5, 5.41) is 85.2. The fraction of sp³-hybridized carbons (Fsp3) is 0.325. The number of methoxy groups -OCH3 is 4. The number of amides is 6. The minimum absolute atomic E-state index is 0.0119. The van der Waals surface area contributed by atoms with Crippen LogP contribution in [0.25, 0.3) is 44.2 Å². The van der Waals surface area contributed by atoms with Crippen molar-refractivity contribution in [1.82, 2.24) is 107 Å². The van der Waals surface area contributed by atoms with Gasteiger partial charge in [0.25, 0.3) is 23.6 Å². The molecule has 7 aromatic heterocycles. The summed E-state index contributed by atoms with van der Waals surface area (Å²) in [6.45, 7) is 15.8. The number of anilines is 9. The predicted molar refractivity (Wildman–Crippen MR) is 466 cm³/mol. The molecule has 11 aromatic rings. The standard InChI is InChI=1S/C22H26N8O3.2C18H20ClN7O2.C15H13ClN4O2.C4H7NO.C3H7N3/c1-12(2)30-11-17(26-29-30)14-6-5-7-15(20(14)33-4)24-16-10-18(25-21(31)13-8-9-13)27-28-19(16)22(32)23-3;2*1-10(2)26-9-14(22-25-26)11-6-5-7-12(17(11)28-4)21-13-8-15(19)23-24-16(13)18(27)20-3;1-4-9-6-5-7-10(14(9)22-3)18-11-8-12(16)19-20-13(11)15(21)17-2;5-4(6)3-1-2-3;1-3(2)5-6-4/h5-7,10-13H,8-9H2,1-4H3,(H,23,32)(H2,24,25,27,31);2*5-10H,1-4H3,(H,20,27)(H,21,23);1,5-8H,2-3H3,(H,17,21)(H,18,19);3H,1-2H2,(H2,5,6);3H,1-2H3. The molecule has 7 heterocycles. The van der Waals surface area contributed by atoms with Crippen LogP contribution >= 0.6 is 34.8 Å². The smallest absolute Gasteiger partial charge is 0.273 e. The van der Waals surface area contributed by atoms with Gasteiger partial charge < -0.3 is 72.5 Å². The predicted octanol–water partition coefficient (Wildman–Crippen LogP) is 12.7. The van der Waals surface area contributed by atoms with Crippen LogP contribution in [0, 0.1) is 24.2 Å². The van der Waals surface area contributed by atoms with E-state index in [9.17, 15) is 28.8 Å². The third-order valence-electron chi connectivity index (χ3n) is 17.4. The second-order valence-electron chi connectivity index (χ2n) is 27.6. The first-order valence-electron chi connectivity index (χ1n) is 38.0. The number of primary amides is 1. The fourth-order valence-corrected chi connectivity index (χ4v) is 11.2. The molecule has 40 nitrogen and oxygen atoms in total. The third kappa shape index (κ3) is 25.8. The van der Waals surface area contributed by atoms with Gasteiger partial charge in [-0.3, -0.25) is 28.8 Å². The zero-order valence-electron chi connectivity index (χ0n) is 70.1. The Morgan fingerprint density at radius 3 is 1.02 bits per heavy atom. The van der Waals surface area contributed by atoms with E-state index in [4.69, 9.17) is 71.4 Å². The van der Waals surface area contributed by atoms with Gasteiger partial charge in [-0.1, -0.05) is 99.6 Å². The first-order valence-corrected chi connectivity index (χ1v) is 39.1. The molecule has 13 rings (SSSR count). The van der Waals surface area contributed by atoms with Gasteiger partial charge in [0.15, 0.2) is 67.1 Å². The maximum Gasteiger partial charge on any atom is 0.273 e. The van der Waals surface area contributed by atoms with E-state index in [-0.39, 0.29) is 104 Å². The number of benzene rings is 4. The molecule has 0 atom stereocenters. The quantitative estimate of drug-likeness (QED) is 0.0104. The van der Waals surface area contributed by atoms with E-state index in [2.05, 4.69) is 136 Å². The number of ether oxygens (including phenoxy) is 4. The summed E-state index contributed by atoms with van der Waals surface area (Å²) < 4.78 is 27.6. The van der Waals surface area contributed by atoms with Crippen LogP contribution in [0.5, 0.6) is 23.0 Å². The SMILES string of the molecule is C#Cc1cccc(Nc2cc(Cl)nnc2C(=O)NC)c1OC.CC(C)N=[N+]=[N-].CNC(=O)c1nnc(Cl)cc1Nc1cccc(-c2cn(C(C)C)nn2)c1OC.CNC(=O)c1nnc(Cl)cc1Nc1cccc(-c2cn(C(C)C)nn2)c1OC.CNC(=O)c1nnc(NC(=O)C2CC2)cc1Nc1cccc(-c2cn(C(C)C)nn2)c1OC.NC(=O)C1CC1. The van der Waals surface area contributed by atoms with Crippen LogP contribution in [0.15, 0.2) is 121 Å². The number of azide groups is 1. The van der Waals surface area contributed by atoms with Crippen LogP contribution < -0.4 is 72.5 Å². The van der Waals surface area contributed by atoms with E-state index in [1.165, 1.54) is 53.5 Å². The van der Waals surface area contributed by atoms with Crippen molar-refractivity contribution in [3.8, 4) is 69.1 Å². The number of nitrogens with zero attached hydrogens (tertiary/aromatic N) is 20. The highest BCUT2D eigenvalue weighted by Gasteiger charge is 2.31. The molecule has 2 aliphatic carbocycles. The molecular weight excluding hydrogens is 1650 g/mol. The molecule has 2 aliphatic rings. The van der Waals surface area contributed by atoms with Crippen LogP contribution in [-0.4, -0.2) is 184 Å². The number of hydrogen-bond acceptors (Lipinski definition) is 29. The molecule has 0 spiro atoms. The largest absolute Gasteiger partial charge is 0.494 e. The Labute approximate surface area is 722 Å². The van der Waals surface area contributed by atoms with Crippen LogP contribution in [0.3, 0.4) is 0 Å². The molecule has 644 valence electrons. The molecule has 123 heavy (non-hydrogen) atoms. The summed E-state index contributed by atoms with van der Waals surface area (Å²) in [5.74, 6) is 3.35. The molecule has 0 unspecified atom stereocenters. The van der Waals surface area contributed by atoms with Gasteiger partial charge in [-0.05, 0) is 121 Å². The number of aromatic nitrogens is 17. The van der Waals surface area contributed by atoms with Crippen molar-refractivity contribution in [2.45, 2.75) is 105 Å². The van der Waals surface area contributed by atoms with Crippen LogP contribution in [0.4, 0.5) is 51.3 Å². The molecule has 0 aliphatic heterocycles. The lowest BCUT2D eigenvalue weighted by molar-refractivity contribution is -0.119. The number of para-hydroxylation sites is 4. The van der Waals surface area contributed by atoms with Gasteiger partial charge in [0.2, 0.25) is 11.8 Å². The Hall–Kier alpha value is -14.4. The Morgan fingerprint density at radius 1 is 0.455 bits per heavy atom. The van der Waals surface area contributed by atoms with Gasteiger partial charge in [0.05, 0.1) is 98.1 Å². The number of rotatable bonds is 26. The Bertz CT molecular complexity index is 5480. The average Bonchev–Trinajstić information content (AvgIpc) is 1.76. The molecule has 11 N–H and O–H groups in total. The summed E-state index contributed by atoms with van der Waals surface area (Å²) in [4.78, 5) is 73.1. The number of nitrogens with two attached hydrogens (primary N) is 1. The minimum Gasteiger partial charge on any atom is -0.494 e. The highest BCUT2D eigenvalue weighted by Crippen LogP contribution is 2.42. The molecule has 2 saturated carbocycles. The molecule has 0 saturated heterocycles. The number of hydrogen-bond donors (Lipinski definition) is 10. The number of terminal acetylenes is 1. The van der Waals surface area contributed by atoms with E-state index in [0.29, 0.717) is 91.1 Å². The van der Waals surface area contributed by atoms with E-state index >= 15 is 0 Å². The third-order valence-corrected chi connectivity index (χ3v) is 17.9. The Kier molecular flexibility index (Phi) is 34.5. The zero-order chi connectivity index (χ0) is 89.7. The number of carbonyl (C=O) groups is 6. The summed E-state index contributed by atoms with van der Waals surface area (Å²) in [6, 6.07) is 28.7. The first-order chi connectivity index (χ1) is 59.0. The number of nitrogens with one attached hydrogen (secondary N) is 9. The second kappa shape index (κ2) is 45.1. The summed E-state index contributed by atoms with van der Waals surface area (Å²) >= 11 is 17.8. The van der Waals surface area contributed by atoms with E-state index in [1.807, 2.05) is 129 Å². The van der Waals surface area contributed by atoms with Crippen molar-refractivity contribution >= 4 is 122 Å². The van der Waals surface area contributed by atoms with E-state index < -0.39 is 11.8 Å². The van der Waals surface area contributed by atoms with Gasteiger partial charge in [-0.15, -0.1) is 62.5 Å². The lowest BCUT2D eigenvalue weighted by atomic mass is 10.1. The molecule has 4 aromatic carbocycles. The van der Waals surface area contributed by atoms with Crippen LogP contribution in [-0.2, 0) is 9.59 Å². The number of halogens is 3. The highest BCUT2D eigenvalue weighted by molar-refractivity contribution is 6.30. The van der Waals surface area contributed by atoms with Gasteiger partial charge in [0, 0.05) is 110 Å². The summed E-state index contributed by atoms with van der Waals surface area (Å²) in [5.41, 5.74) is 21.8. The summed E-state index contributed by atoms with van der Waals surface area (Å²) in [6.07, 6.45) is 14.8. The van der Waals surface area contributed by atoms with E-state index in [0.717, 1.165) is 42.4 Å². The maximum atomic E-state index is 12.4. The highest BCUT2D eigenvalue weighted by atomic mass is 35.5. The molecule has 6 amide bonds. The normalized spacial score (nSPS) is 11.5. The Morgan fingerprint density at radius 2 is 0.764 bits per heavy atom. The van der Waals surface area contributed by atoms with Gasteiger partial charge in [-0.2, -0.15) is 0 Å². The van der Waals surface area contributed by atoms with Gasteiger partial charge >= 0.3 is 0 Å². The fourth-order valence-electron chi connectivity index (χ4n) is 10.8. The van der Waals surface area contributed by atoms with Crippen molar-refractivity contribution in [3.05, 3.63) is 170 Å². The molecular formula is C80H93Cl3N30O10. The molecule has 2 fully saturated rings. The first kappa shape index (κ1) is 94.1.